The first-order valence-electron chi connectivity index (χ1n) is 3.46. The number of hydrogen-bond donors (Lipinski definition) is 1. The molecule has 0 saturated heterocycles. The van der Waals surface area contributed by atoms with Crippen LogP contribution >= 0.6 is 0 Å². The Hall–Kier alpha value is -1.71. The summed E-state index contributed by atoms with van der Waals surface area (Å²) in [6.45, 7) is 0. The molecule has 0 aliphatic heterocycles. The van der Waals surface area contributed by atoms with Crippen molar-refractivity contribution in [1.82, 2.24) is 0 Å². The van der Waals surface area contributed by atoms with Crippen LogP contribution in [-0.4, -0.2) is 11.1 Å². The summed E-state index contributed by atoms with van der Waals surface area (Å²) in [4.78, 5) is 10.0. The number of carboxylic acid groups (broad SMARTS) is 1. The average Bonchev–Trinajstić information content (AvgIpc) is 2.08. The highest BCUT2D eigenvalue weighted by atomic mass is 19.1. The fraction of sp³-hybridized carbons (Fsp3) is 0. The number of benzene rings is 1. The minimum Gasteiger partial charge on any atom is -0.476 e. The van der Waals surface area contributed by atoms with Gasteiger partial charge in [-0.25, -0.2) is 9.18 Å². The van der Waals surface area contributed by atoms with E-state index in [-0.39, 0.29) is 5.56 Å². The van der Waals surface area contributed by atoms with E-state index in [9.17, 15) is 13.6 Å². The van der Waals surface area contributed by atoms with Gasteiger partial charge in [0.1, 0.15) is 5.82 Å². The summed E-state index contributed by atoms with van der Waals surface area (Å²) in [5.74, 6) is -3.74. The fourth-order valence-electron chi connectivity index (χ4n) is 0.790. The summed E-state index contributed by atoms with van der Waals surface area (Å²) in [6.07, 6.45) is 0.637. The van der Waals surface area contributed by atoms with Crippen LogP contribution in [-0.2, 0) is 4.79 Å². The van der Waals surface area contributed by atoms with E-state index in [1.807, 2.05) is 0 Å². The quantitative estimate of drug-likeness (QED) is 0.715. The first-order valence-corrected chi connectivity index (χ1v) is 3.46. The molecule has 1 N–H and O–H groups in total. The van der Waals surface area contributed by atoms with Crippen LogP contribution in [0.1, 0.15) is 5.56 Å². The van der Waals surface area contributed by atoms with Gasteiger partial charge in [-0.15, -0.1) is 0 Å². The highest BCUT2D eigenvalue weighted by Gasteiger charge is 2.06. The summed E-state index contributed by atoms with van der Waals surface area (Å²) >= 11 is 0. The molecule has 0 radical (unpaired) electrons. The van der Waals surface area contributed by atoms with Crippen LogP contribution in [0, 0.1) is 5.82 Å². The van der Waals surface area contributed by atoms with Crippen molar-refractivity contribution in [2.45, 2.75) is 0 Å². The van der Waals surface area contributed by atoms with E-state index in [4.69, 9.17) is 5.11 Å². The van der Waals surface area contributed by atoms with Crippen molar-refractivity contribution in [2.24, 2.45) is 0 Å². The number of hydrogen-bond acceptors (Lipinski definition) is 1. The van der Waals surface area contributed by atoms with Gasteiger partial charge in [0, 0.05) is 5.56 Å². The summed E-state index contributed by atoms with van der Waals surface area (Å²) < 4.78 is 25.3. The Labute approximate surface area is 73.1 Å². The predicted molar refractivity (Wildman–Crippen MR) is 43.1 cm³/mol. The zero-order valence-electron chi connectivity index (χ0n) is 6.50. The smallest absolute Gasteiger partial charge is 0.364 e. The maximum atomic E-state index is 12.8. The Kier molecular flexibility index (Phi) is 2.74. The van der Waals surface area contributed by atoms with Gasteiger partial charge in [0.05, 0.1) is 0 Å². The molecule has 68 valence electrons. The van der Waals surface area contributed by atoms with Gasteiger partial charge in [0.2, 0.25) is 5.83 Å². The maximum absolute atomic E-state index is 12.8. The molecule has 0 bridgehead atoms. The van der Waals surface area contributed by atoms with Crippen molar-refractivity contribution >= 4 is 12.0 Å². The molecule has 0 aliphatic rings. The first-order chi connectivity index (χ1) is 6.11. The molecule has 0 amide bonds. The SMILES string of the molecule is O=C(O)/C(F)=C/c1ccccc1F. The van der Waals surface area contributed by atoms with Crippen molar-refractivity contribution in [1.29, 1.82) is 0 Å². The second-order valence-electron chi connectivity index (χ2n) is 2.32. The lowest BCUT2D eigenvalue weighted by Crippen LogP contribution is -1.94. The largest absolute Gasteiger partial charge is 0.476 e. The van der Waals surface area contributed by atoms with Gasteiger partial charge >= 0.3 is 5.97 Å². The van der Waals surface area contributed by atoms with Crippen molar-refractivity contribution in [3.8, 4) is 0 Å². The first kappa shape index (κ1) is 9.38. The molecule has 2 nitrogen and oxygen atoms in total. The number of carboxylic acids is 1. The van der Waals surface area contributed by atoms with E-state index in [0.29, 0.717) is 6.08 Å². The van der Waals surface area contributed by atoms with Gasteiger partial charge in [-0.3, -0.25) is 0 Å². The van der Waals surface area contributed by atoms with Crippen LogP contribution in [0.25, 0.3) is 6.08 Å². The number of rotatable bonds is 2. The molecule has 13 heavy (non-hydrogen) atoms. The molecule has 1 rings (SSSR count). The van der Waals surface area contributed by atoms with E-state index >= 15 is 0 Å². The Bertz CT molecular complexity index is 358. The fourth-order valence-corrected chi connectivity index (χ4v) is 0.790. The Morgan fingerprint density at radius 2 is 2.00 bits per heavy atom. The second-order valence-corrected chi connectivity index (χ2v) is 2.32. The van der Waals surface area contributed by atoms with Crippen LogP contribution in [0.2, 0.25) is 0 Å². The van der Waals surface area contributed by atoms with Crippen molar-refractivity contribution in [3.63, 3.8) is 0 Å². The zero-order valence-corrected chi connectivity index (χ0v) is 6.50. The molecule has 0 saturated carbocycles. The van der Waals surface area contributed by atoms with Crippen LogP contribution in [0.4, 0.5) is 8.78 Å². The molecule has 0 atom stereocenters. The summed E-state index contributed by atoms with van der Waals surface area (Å²) in [5, 5.41) is 8.17. The average molecular weight is 184 g/mol. The summed E-state index contributed by atoms with van der Waals surface area (Å²) in [5.41, 5.74) is -0.0811. The highest BCUT2D eigenvalue weighted by Crippen LogP contribution is 2.11. The third-order valence-corrected chi connectivity index (χ3v) is 1.39. The molecule has 0 fully saturated rings. The van der Waals surface area contributed by atoms with E-state index < -0.39 is 17.6 Å². The van der Waals surface area contributed by atoms with E-state index in [1.54, 1.807) is 0 Å². The molecule has 0 spiro atoms. The molecular weight excluding hydrogens is 178 g/mol. The van der Waals surface area contributed by atoms with Crippen molar-refractivity contribution < 1.29 is 18.7 Å². The molecule has 1 aromatic carbocycles. The monoisotopic (exact) mass is 184 g/mol. The van der Waals surface area contributed by atoms with Crippen LogP contribution in [0.5, 0.6) is 0 Å². The van der Waals surface area contributed by atoms with Gasteiger partial charge < -0.3 is 5.11 Å². The van der Waals surface area contributed by atoms with Gasteiger partial charge in [-0.05, 0) is 12.1 Å². The van der Waals surface area contributed by atoms with Gasteiger partial charge in [0.25, 0.3) is 0 Å². The number of aliphatic carboxylic acids is 1. The third-order valence-electron chi connectivity index (χ3n) is 1.39. The molecule has 0 aromatic heterocycles. The van der Waals surface area contributed by atoms with E-state index in [0.717, 1.165) is 6.07 Å². The van der Waals surface area contributed by atoms with Crippen molar-refractivity contribution in [3.05, 3.63) is 41.5 Å². The van der Waals surface area contributed by atoms with E-state index in [2.05, 4.69) is 0 Å². The van der Waals surface area contributed by atoms with Gasteiger partial charge in [0.15, 0.2) is 0 Å². The number of halogens is 2. The molecule has 0 heterocycles. The van der Waals surface area contributed by atoms with Crippen LogP contribution in [0.15, 0.2) is 30.1 Å². The zero-order chi connectivity index (χ0) is 9.84. The topological polar surface area (TPSA) is 37.3 Å². The Morgan fingerprint density at radius 3 is 2.54 bits per heavy atom. The molecular formula is C9H6F2O2. The summed E-state index contributed by atoms with van der Waals surface area (Å²) in [6, 6.07) is 5.34. The number of carbonyl (C=O) groups is 1. The minimum absolute atomic E-state index is 0.0811. The lowest BCUT2D eigenvalue weighted by Gasteiger charge is -1.94. The van der Waals surface area contributed by atoms with Gasteiger partial charge in [-0.1, -0.05) is 18.2 Å². The molecule has 0 unspecified atom stereocenters. The second kappa shape index (κ2) is 3.80. The van der Waals surface area contributed by atoms with Gasteiger partial charge in [-0.2, -0.15) is 4.39 Å². The minimum atomic E-state index is -1.71. The highest BCUT2D eigenvalue weighted by molar-refractivity contribution is 5.89. The predicted octanol–water partition coefficient (Wildman–Crippen LogP) is 2.22. The summed E-state index contributed by atoms with van der Waals surface area (Å²) in [7, 11) is 0. The molecule has 4 heteroatoms. The Morgan fingerprint density at radius 1 is 1.38 bits per heavy atom. The lowest BCUT2D eigenvalue weighted by atomic mass is 10.2. The standard InChI is InChI=1S/C9H6F2O2/c10-7-4-2-1-3-6(7)5-8(11)9(12)13/h1-5H,(H,12,13)/b8-5-. The van der Waals surface area contributed by atoms with E-state index in [1.165, 1.54) is 18.2 Å². The Balaban J connectivity index is 3.04. The molecule has 0 aliphatic carbocycles. The lowest BCUT2D eigenvalue weighted by molar-refractivity contribution is -0.134. The van der Waals surface area contributed by atoms with Crippen LogP contribution in [0.3, 0.4) is 0 Å². The van der Waals surface area contributed by atoms with Crippen LogP contribution < -0.4 is 0 Å². The third kappa shape index (κ3) is 2.37. The maximum Gasteiger partial charge on any atom is 0.364 e. The molecule has 1 aromatic rings. The normalized spacial score (nSPS) is 11.4. The van der Waals surface area contributed by atoms with Crippen molar-refractivity contribution in [2.75, 3.05) is 0 Å².